The average Bonchev–Trinajstić information content (AvgIpc) is 2.88. The number of nitrogens with zero attached hydrogens (tertiary/aromatic N) is 2. The summed E-state index contributed by atoms with van der Waals surface area (Å²) in [6, 6.07) is 12.5. The van der Waals surface area contributed by atoms with Crippen LogP contribution in [-0.2, 0) is 21.7 Å². The maximum atomic E-state index is 12.3. The fraction of sp³-hybridized carbons (Fsp3) is 0.222. The van der Waals surface area contributed by atoms with E-state index in [1.807, 2.05) is 36.7 Å². The maximum absolute atomic E-state index is 12.3. The quantitative estimate of drug-likeness (QED) is 0.606. The molecule has 8 heteroatoms. The highest BCUT2D eigenvalue weighted by atomic mass is 79.9. The standard InChI is InChI=1S/C18H17BrN2O3S2/c1-12-3-6-14(7-4-12)26(23,24)10-9-17(22)20-18-21(2)15-8-5-13(19)11-16(15)25-18/h3-8,11H,9-10H2,1-2H3. The first-order valence-electron chi connectivity index (χ1n) is 7.88. The van der Waals surface area contributed by atoms with Gasteiger partial charge in [-0.05, 0) is 37.3 Å². The van der Waals surface area contributed by atoms with Gasteiger partial charge in [0.05, 0.1) is 20.9 Å². The van der Waals surface area contributed by atoms with Gasteiger partial charge in [0.25, 0.3) is 0 Å². The van der Waals surface area contributed by atoms with Crippen LogP contribution in [0.5, 0.6) is 0 Å². The van der Waals surface area contributed by atoms with Crippen LogP contribution < -0.4 is 4.80 Å². The van der Waals surface area contributed by atoms with Gasteiger partial charge in [0.15, 0.2) is 14.6 Å². The van der Waals surface area contributed by atoms with E-state index in [-0.39, 0.29) is 17.1 Å². The zero-order valence-electron chi connectivity index (χ0n) is 14.3. The Morgan fingerprint density at radius 3 is 2.58 bits per heavy atom. The number of hydrogen-bond donors (Lipinski definition) is 0. The molecule has 3 rings (SSSR count). The molecule has 0 atom stereocenters. The summed E-state index contributed by atoms with van der Waals surface area (Å²) in [6.45, 7) is 1.89. The number of carbonyl (C=O) groups is 1. The van der Waals surface area contributed by atoms with Gasteiger partial charge in [0.1, 0.15) is 0 Å². The minimum Gasteiger partial charge on any atom is -0.319 e. The summed E-state index contributed by atoms with van der Waals surface area (Å²) in [4.78, 5) is 17.1. The second-order valence-electron chi connectivity index (χ2n) is 5.94. The molecule has 1 amide bonds. The van der Waals surface area contributed by atoms with Gasteiger partial charge in [-0.15, -0.1) is 0 Å². The zero-order chi connectivity index (χ0) is 18.9. The molecule has 0 aliphatic rings. The molecule has 1 aromatic heterocycles. The Morgan fingerprint density at radius 1 is 1.19 bits per heavy atom. The zero-order valence-corrected chi connectivity index (χ0v) is 17.5. The third-order valence-electron chi connectivity index (χ3n) is 3.96. The van der Waals surface area contributed by atoms with Crippen molar-refractivity contribution < 1.29 is 13.2 Å². The highest BCUT2D eigenvalue weighted by molar-refractivity contribution is 9.10. The Bertz CT molecular complexity index is 1140. The first kappa shape index (κ1) is 19.0. The predicted octanol–water partition coefficient (Wildman–Crippen LogP) is 3.60. The molecular weight excluding hydrogens is 436 g/mol. The highest BCUT2D eigenvalue weighted by Crippen LogP contribution is 2.21. The van der Waals surface area contributed by atoms with Crippen molar-refractivity contribution in [3.8, 4) is 0 Å². The Labute approximate surface area is 164 Å². The lowest BCUT2D eigenvalue weighted by Gasteiger charge is -2.03. The van der Waals surface area contributed by atoms with E-state index in [4.69, 9.17) is 0 Å². The van der Waals surface area contributed by atoms with E-state index >= 15 is 0 Å². The molecular formula is C18H17BrN2O3S2. The Kier molecular flexibility index (Phi) is 5.45. The molecule has 0 saturated heterocycles. The summed E-state index contributed by atoms with van der Waals surface area (Å²) in [6.07, 6.45) is -0.145. The number of carbonyl (C=O) groups excluding carboxylic acids is 1. The molecule has 136 valence electrons. The van der Waals surface area contributed by atoms with Crippen molar-refractivity contribution in [2.24, 2.45) is 12.0 Å². The molecule has 1 heterocycles. The van der Waals surface area contributed by atoms with Crippen LogP contribution in [-0.4, -0.2) is 24.6 Å². The van der Waals surface area contributed by atoms with Crippen molar-refractivity contribution in [3.05, 3.63) is 57.3 Å². The van der Waals surface area contributed by atoms with E-state index in [1.165, 1.54) is 11.3 Å². The monoisotopic (exact) mass is 452 g/mol. The number of amides is 1. The van der Waals surface area contributed by atoms with Crippen molar-refractivity contribution >= 4 is 53.2 Å². The Morgan fingerprint density at radius 2 is 1.88 bits per heavy atom. The van der Waals surface area contributed by atoms with Gasteiger partial charge in [-0.3, -0.25) is 4.79 Å². The van der Waals surface area contributed by atoms with Gasteiger partial charge in [0, 0.05) is 17.9 Å². The van der Waals surface area contributed by atoms with E-state index in [2.05, 4.69) is 20.9 Å². The molecule has 3 aromatic rings. The molecule has 0 N–H and O–H groups in total. The number of halogens is 1. The third-order valence-corrected chi connectivity index (χ3v) is 7.28. The van der Waals surface area contributed by atoms with Gasteiger partial charge in [-0.2, -0.15) is 4.99 Å². The molecule has 0 aliphatic carbocycles. The van der Waals surface area contributed by atoms with Crippen molar-refractivity contribution in [3.63, 3.8) is 0 Å². The van der Waals surface area contributed by atoms with Gasteiger partial charge in [0.2, 0.25) is 5.91 Å². The first-order valence-corrected chi connectivity index (χ1v) is 11.1. The molecule has 0 bridgehead atoms. The number of sulfone groups is 1. The van der Waals surface area contributed by atoms with Crippen molar-refractivity contribution in [2.75, 3.05) is 5.75 Å². The molecule has 0 saturated carbocycles. The topological polar surface area (TPSA) is 68.5 Å². The molecule has 0 radical (unpaired) electrons. The van der Waals surface area contributed by atoms with Crippen LogP contribution in [0.2, 0.25) is 0 Å². The van der Waals surface area contributed by atoms with Crippen LogP contribution in [0.1, 0.15) is 12.0 Å². The summed E-state index contributed by atoms with van der Waals surface area (Å²) < 4.78 is 28.5. The summed E-state index contributed by atoms with van der Waals surface area (Å²) in [5.74, 6) is -0.694. The largest absolute Gasteiger partial charge is 0.319 e. The van der Waals surface area contributed by atoms with E-state index in [0.29, 0.717) is 4.80 Å². The van der Waals surface area contributed by atoms with E-state index in [0.717, 1.165) is 20.3 Å². The number of benzene rings is 2. The van der Waals surface area contributed by atoms with Crippen LogP contribution >= 0.6 is 27.3 Å². The lowest BCUT2D eigenvalue weighted by Crippen LogP contribution is -2.15. The molecule has 0 spiro atoms. The maximum Gasteiger partial charge on any atom is 0.249 e. The van der Waals surface area contributed by atoms with Gasteiger partial charge in [-0.25, -0.2) is 8.42 Å². The summed E-state index contributed by atoms with van der Waals surface area (Å²) >= 11 is 4.82. The van der Waals surface area contributed by atoms with Gasteiger partial charge >= 0.3 is 0 Å². The fourth-order valence-corrected chi connectivity index (χ4v) is 5.28. The van der Waals surface area contributed by atoms with E-state index < -0.39 is 15.7 Å². The minimum absolute atomic E-state index is 0.145. The number of hydrogen-bond acceptors (Lipinski definition) is 4. The van der Waals surface area contributed by atoms with Crippen molar-refractivity contribution in [1.82, 2.24) is 4.57 Å². The summed E-state index contributed by atoms with van der Waals surface area (Å²) in [5.41, 5.74) is 1.95. The number of thiazole rings is 1. The van der Waals surface area contributed by atoms with Crippen LogP contribution in [0.4, 0.5) is 0 Å². The third kappa shape index (κ3) is 4.13. The van der Waals surface area contributed by atoms with Gasteiger partial charge in [-0.1, -0.05) is 45.0 Å². The smallest absolute Gasteiger partial charge is 0.249 e. The lowest BCUT2D eigenvalue weighted by atomic mass is 10.2. The number of rotatable bonds is 4. The minimum atomic E-state index is -3.50. The van der Waals surface area contributed by atoms with Crippen molar-refractivity contribution in [2.45, 2.75) is 18.2 Å². The average molecular weight is 453 g/mol. The van der Waals surface area contributed by atoms with E-state index in [1.54, 1.807) is 24.3 Å². The summed E-state index contributed by atoms with van der Waals surface area (Å²) in [5, 5.41) is 0. The molecule has 2 aromatic carbocycles. The number of fused-ring (bicyclic) bond motifs is 1. The summed E-state index contributed by atoms with van der Waals surface area (Å²) in [7, 11) is -1.66. The van der Waals surface area contributed by atoms with Crippen LogP contribution in [0.25, 0.3) is 10.2 Å². The van der Waals surface area contributed by atoms with Crippen molar-refractivity contribution in [1.29, 1.82) is 0 Å². The fourth-order valence-electron chi connectivity index (χ4n) is 2.46. The molecule has 5 nitrogen and oxygen atoms in total. The normalized spacial score (nSPS) is 12.7. The molecule has 0 fully saturated rings. The van der Waals surface area contributed by atoms with Gasteiger partial charge < -0.3 is 4.57 Å². The number of aromatic nitrogens is 1. The van der Waals surface area contributed by atoms with Crippen LogP contribution in [0.3, 0.4) is 0 Å². The number of aryl methyl sites for hydroxylation is 2. The Balaban J connectivity index is 1.79. The highest BCUT2D eigenvalue weighted by Gasteiger charge is 2.16. The lowest BCUT2D eigenvalue weighted by molar-refractivity contribution is -0.117. The molecule has 26 heavy (non-hydrogen) atoms. The second-order valence-corrected chi connectivity index (χ2v) is 9.98. The van der Waals surface area contributed by atoms with Crippen LogP contribution in [0, 0.1) is 6.92 Å². The first-order chi connectivity index (χ1) is 12.3. The SMILES string of the molecule is Cc1ccc(S(=O)(=O)CCC(=O)N=c2sc3cc(Br)ccc3n2C)cc1. The molecule has 0 aliphatic heterocycles. The second kappa shape index (κ2) is 7.46. The molecule has 0 unspecified atom stereocenters. The van der Waals surface area contributed by atoms with E-state index in [9.17, 15) is 13.2 Å². The predicted molar refractivity (Wildman–Crippen MR) is 107 cm³/mol. The Hall–Kier alpha value is -1.77. The van der Waals surface area contributed by atoms with Crippen LogP contribution in [0.15, 0.2) is 56.8 Å².